The van der Waals surface area contributed by atoms with Crippen LogP contribution >= 0.6 is 0 Å². The summed E-state index contributed by atoms with van der Waals surface area (Å²) in [6.07, 6.45) is 3.24. The summed E-state index contributed by atoms with van der Waals surface area (Å²) in [7, 11) is 0. The molecule has 1 saturated carbocycles. The molecule has 0 radical (unpaired) electrons. The van der Waals surface area contributed by atoms with Crippen molar-refractivity contribution in [2.75, 3.05) is 11.9 Å². The Hall–Kier alpha value is -2.40. The molecule has 1 aliphatic rings. The second-order valence-electron chi connectivity index (χ2n) is 6.28. The summed E-state index contributed by atoms with van der Waals surface area (Å²) in [6.45, 7) is 0.583. The number of anilines is 1. The van der Waals surface area contributed by atoms with Crippen LogP contribution < -0.4 is 5.32 Å². The van der Waals surface area contributed by atoms with E-state index in [0.717, 1.165) is 19.3 Å². The summed E-state index contributed by atoms with van der Waals surface area (Å²) in [4.78, 5) is 10.8. The van der Waals surface area contributed by atoms with Gasteiger partial charge in [-0.3, -0.25) is 10.1 Å². The lowest BCUT2D eigenvalue weighted by Gasteiger charge is -2.17. The molecule has 2 N–H and O–H groups in total. The standard InChI is InChI=1S/C18H20N2O3/c21-12-15-6-7-17(20(22)23)16(10-15)19-13-18(8-9-18)11-14-4-2-1-3-5-14/h1-7,10,19,21H,8-9,11-13H2. The van der Waals surface area contributed by atoms with Crippen molar-refractivity contribution in [3.63, 3.8) is 0 Å². The average Bonchev–Trinajstić information content (AvgIpc) is 3.33. The number of aliphatic hydroxyl groups excluding tert-OH is 1. The molecule has 0 spiro atoms. The van der Waals surface area contributed by atoms with Gasteiger partial charge in [-0.25, -0.2) is 0 Å². The lowest BCUT2D eigenvalue weighted by atomic mass is 9.96. The summed E-state index contributed by atoms with van der Waals surface area (Å²) in [5.74, 6) is 0. The number of aliphatic hydroxyl groups is 1. The quantitative estimate of drug-likeness (QED) is 0.606. The molecule has 2 aromatic rings. The highest BCUT2D eigenvalue weighted by molar-refractivity contribution is 5.63. The van der Waals surface area contributed by atoms with Gasteiger partial charge in [0.05, 0.1) is 11.5 Å². The second kappa shape index (κ2) is 6.38. The maximum absolute atomic E-state index is 11.2. The fraction of sp³-hybridized carbons (Fsp3) is 0.333. The number of nitro benzene ring substituents is 1. The first-order chi connectivity index (χ1) is 11.1. The molecule has 0 saturated heterocycles. The highest BCUT2D eigenvalue weighted by atomic mass is 16.6. The Morgan fingerprint density at radius 2 is 1.87 bits per heavy atom. The molecule has 120 valence electrons. The molecular weight excluding hydrogens is 292 g/mol. The van der Waals surface area contributed by atoms with Crippen LogP contribution in [0.5, 0.6) is 0 Å². The van der Waals surface area contributed by atoms with Crippen molar-refractivity contribution in [3.05, 3.63) is 69.8 Å². The largest absolute Gasteiger partial charge is 0.392 e. The van der Waals surface area contributed by atoms with Crippen molar-refractivity contribution >= 4 is 11.4 Å². The zero-order valence-electron chi connectivity index (χ0n) is 12.9. The molecule has 3 rings (SSSR count). The number of hydrogen-bond acceptors (Lipinski definition) is 4. The number of rotatable bonds is 7. The molecule has 5 nitrogen and oxygen atoms in total. The van der Waals surface area contributed by atoms with Crippen LogP contribution in [0.3, 0.4) is 0 Å². The van der Waals surface area contributed by atoms with Crippen molar-refractivity contribution in [1.29, 1.82) is 0 Å². The van der Waals surface area contributed by atoms with Crippen LogP contribution in [0.25, 0.3) is 0 Å². The van der Waals surface area contributed by atoms with Crippen LogP contribution in [0.1, 0.15) is 24.0 Å². The van der Waals surface area contributed by atoms with Crippen LogP contribution in [-0.4, -0.2) is 16.6 Å². The predicted octanol–water partition coefficient (Wildman–Crippen LogP) is 3.52. The van der Waals surface area contributed by atoms with Crippen molar-refractivity contribution in [3.8, 4) is 0 Å². The Balaban J connectivity index is 1.71. The van der Waals surface area contributed by atoms with Crippen molar-refractivity contribution in [2.24, 2.45) is 5.41 Å². The first-order valence-electron chi connectivity index (χ1n) is 7.78. The molecule has 1 fully saturated rings. The first kappa shape index (κ1) is 15.5. The summed E-state index contributed by atoms with van der Waals surface area (Å²) in [6, 6.07) is 15.0. The third-order valence-corrected chi connectivity index (χ3v) is 4.47. The van der Waals surface area contributed by atoms with Gasteiger partial charge < -0.3 is 10.4 Å². The number of benzene rings is 2. The molecule has 2 aromatic carbocycles. The molecule has 0 bridgehead atoms. The second-order valence-corrected chi connectivity index (χ2v) is 6.28. The molecule has 1 aliphatic carbocycles. The smallest absolute Gasteiger partial charge is 0.292 e. The van der Waals surface area contributed by atoms with E-state index in [9.17, 15) is 15.2 Å². The van der Waals surface area contributed by atoms with E-state index >= 15 is 0 Å². The molecule has 0 unspecified atom stereocenters. The normalized spacial score (nSPS) is 15.2. The van der Waals surface area contributed by atoms with E-state index in [0.29, 0.717) is 17.8 Å². The van der Waals surface area contributed by atoms with Gasteiger partial charge in [0.25, 0.3) is 5.69 Å². The third kappa shape index (κ3) is 3.68. The minimum atomic E-state index is -0.389. The fourth-order valence-electron chi connectivity index (χ4n) is 2.89. The third-order valence-electron chi connectivity index (χ3n) is 4.47. The fourth-order valence-corrected chi connectivity index (χ4v) is 2.89. The van der Waals surface area contributed by atoms with Crippen molar-refractivity contribution in [1.82, 2.24) is 0 Å². The zero-order chi connectivity index (χ0) is 16.3. The number of nitrogens with zero attached hydrogens (tertiary/aromatic N) is 1. The van der Waals surface area contributed by atoms with Crippen LogP contribution in [0.4, 0.5) is 11.4 Å². The van der Waals surface area contributed by atoms with E-state index in [1.807, 2.05) is 18.2 Å². The van der Waals surface area contributed by atoms with Gasteiger partial charge >= 0.3 is 0 Å². The summed E-state index contributed by atoms with van der Waals surface area (Å²) < 4.78 is 0. The van der Waals surface area contributed by atoms with Gasteiger partial charge in [-0.05, 0) is 47.9 Å². The van der Waals surface area contributed by atoms with Crippen LogP contribution in [0.15, 0.2) is 48.5 Å². The minimum absolute atomic E-state index is 0.0534. The Morgan fingerprint density at radius 3 is 2.48 bits per heavy atom. The van der Waals surface area contributed by atoms with Gasteiger partial charge in [0.2, 0.25) is 0 Å². The van der Waals surface area contributed by atoms with Gasteiger partial charge in [0.15, 0.2) is 0 Å². The topological polar surface area (TPSA) is 75.4 Å². The van der Waals surface area contributed by atoms with Crippen molar-refractivity contribution < 1.29 is 10.0 Å². The Labute approximate surface area is 135 Å². The van der Waals surface area contributed by atoms with Gasteiger partial charge in [0.1, 0.15) is 5.69 Å². The van der Waals surface area contributed by atoms with Gasteiger partial charge in [-0.2, -0.15) is 0 Å². The molecule has 0 aromatic heterocycles. The highest BCUT2D eigenvalue weighted by Gasteiger charge is 2.42. The van der Waals surface area contributed by atoms with E-state index in [4.69, 9.17) is 0 Å². The Bertz CT molecular complexity index is 697. The SMILES string of the molecule is O=[N+]([O-])c1ccc(CO)cc1NCC1(Cc2ccccc2)CC1. The molecule has 5 heteroatoms. The average molecular weight is 312 g/mol. The van der Waals surface area contributed by atoms with Gasteiger partial charge in [-0.15, -0.1) is 0 Å². The van der Waals surface area contributed by atoms with E-state index < -0.39 is 0 Å². The number of hydrogen-bond donors (Lipinski definition) is 2. The predicted molar refractivity (Wildman–Crippen MR) is 89.3 cm³/mol. The van der Waals surface area contributed by atoms with Crippen molar-refractivity contribution in [2.45, 2.75) is 25.9 Å². The lowest BCUT2D eigenvalue weighted by Crippen LogP contribution is -2.18. The number of nitrogens with one attached hydrogen (secondary N) is 1. The molecule has 0 atom stereocenters. The molecular formula is C18H20N2O3. The van der Waals surface area contributed by atoms with Crippen LogP contribution in [0.2, 0.25) is 0 Å². The van der Waals surface area contributed by atoms with Gasteiger partial charge in [0, 0.05) is 12.6 Å². The van der Waals surface area contributed by atoms with E-state index in [1.165, 1.54) is 11.6 Å². The summed E-state index contributed by atoms with van der Waals surface area (Å²) >= 11 is 0. The first-order valence-corrected chi connectivity index (χ1v) is 7.78. The van der Waals surface area contributed by atoms with E-state index in [-0.39, 0.29) is 22.6 Å². The Kier molecular flexibility index (Phi) is 4.30. The summed E-state index contributed by atoms with van der Waals surface area (Å²) in [5.41, 5.74) is 2.69. The summed E-state index contributed by atoms with van der Waals surface area (Å²) in [5, 5.41) is 23.6. The minimum Gasteiger partial charge on any atom is -0.392 e. The molecule has 0 amide bonds. The molecule has 0 aliphatic heterocycles. The van der Waals surface area contributed by atoms with Crippen LogP contribution in [-0.2, 0) is 13.0 Å². The Morgan fingerprint density at radius 1 is 1.13 bits per heavy atom. The highest BCUT2D eigenvalue weighted by Crippen LogP contribution is 2.48. The maximum atomic E-state index is 11.2. The van der Waals surface area contributed by atoms with Gasteiger partial charge in [-0.1, -0.05) is 30.3 Å². The molecule has 0 heterocycles. The zero-order valence-corrected chi connectivity index (χ0v) is 12.9. The maximum Gasteiger partial charge on any atom is 0.292 e. The monoisotopic (exact) mass is 312 g/mol. The lowest BCUT2D eigenvalue weighted by molar-refractivity contribution is -0.384. The number of nitro groups is 1. The van der Waals surface area contributed by atoms with Crippen LogP contribution in [0, 0.1) is 15.5 Å². The van der Waals surface area contributed by atoms with E-state index in [2.05, 4.69) is 17.4 Å². The van der Waals surface area contributed by atoms with E-state index in [1.54, 1.807) is 12.1 Å². The molecule has 23 heavy (non-hydrogen) atoms.